The molecule has 1 amide bonds. The van der Waals surface area contributed by atoms with Gasteiger partial charge >= 0.3 is 0 Å². The number of thioether (sulfide) groups is 1. The predicted octanol–water partition coefficient (Wildman–Crippen LogP) is 1.99. The first-order valence-corrected chi connectivity index (χ1v) is 8.54. The number of amides is 1. The third kappa shape index (κ3) is 4.80. The average Bonchev–Trinajstić information content (AvgIpc) is 2.94. The van der Waals surface area contributed by atoms with Gasteiger partial charge in [0.1, 0.15) is 5.82 Å². The molecule has 1 aromatic heterocycles. The molecule has 0 spiro atoms. The second-order valence-electron chi connectivity index (χ2n) is 5.02. The Hall–Kier alpha value is -1.86. The van der Waals surface area contributed by atoms with Crippen LogP contribution in [0.15, 0.2) is 29.4 Å². The van der Waals surface area contributed by atoms with Crippen LogP contribution in [-0.2, 0) is 16.0 Å². The molecule has 23 heavy (non-hydrogen) atoms. The van der Waals surface area contributed by atoms with Gasteiger partial charge in [-0.2, -0.15) is 0 Å². The number of benzene rings is 1. The fraction of sp³-hybridized carbons (Fsp3) is 0.438. The molecule has 1 heterocycles. The Morgan fingerprint density at radius 2 is 2.04 bits per heavy atom. The summed E-state index contributed by atoms with van der Waals surface area (Å²) in [5.41, 5.74) is 2.29. The first-order valence-electron chi connectivity index (χ1n) is 7.55. The van der Waals surface area contributed by atoms with Gasteiger partial charge < -0.3 is 10.1 Å². The van der Waals surface area contributed by atoms with Gasteiger partial charge in [-0.3, -0.25) is 9.36 Å². The Morgan fingerprint density at radius 3 is 2.70 bits per heavy atom. The lowest BCUT2D eigenvalue weighted by molar-refractivity contribution is -0.118. The molecule has 0 saturated heterocycles. The number of nitrogens with zero attached hydrogens (tertiary/aromatic N) is 3. The number of rotatable bonds is 8. The summed E-state index contributed by atoms with van der Waals surface area (Å²) in [6.07, 6.45) is 1.00. The van der Waals surface area contributed by atoms with Gasteiger partial charge in [-0.05, 0) is 31.0 Å². The van der Waals surface area contributed by atoms with Crippen LogP contribution in [-0.4, -0.2) is 46.7 Å². The van der Waals surface area contributed by atoms with Gasteiger partial charge in [0, 0.05) is 19.3 Å². The number of aromatic nitrogens is 3. The molecule has 0 unspecified atom stereocenters. The molecule has 1 aromatic carbocycles. The summed E-state index contributed by atoms with van der Waals surface area (Å²) in [4.78, 5) is 11.8. The van der Waals surface area contributed by atoms with Crippen molar-refractivity contribution in [3.05, 3.63) is 35.7 Å². The van der Waals surface area contributed by atoms with Crippen molar-refractivity contribution in [3.63, 3.8) is 0 Å². The van der Waals surface area contributed by atoms with Gasteiger partial charge in [0.25, 0.3) is 0 Å². The van der Waals surface area contributed by atoms with Crippen molar-refractivity contribution in [1.82, 2.24) is 20.1 Å². The Balaban J connectivity index is 2.04. The van der Waals surface area contributed by atoms with Gasteiger partial charge in [-0.25, -0.2) is 0 Å². The summed E-state index contributed by atoms with van der Waals surface area (Å²) in [6, 6.07) is 8.30. The normalized spacial score (nSPS) is 10.7. The number of hydrogen-bond acceptors (Lipinski definition) is 5. The van der Waals surface area contributed by atoms with Crippen LogP contribution in [0.3, 0.4) is 0 Å². The SMILES string of the molecule is CCc1ccc(-n2c(C)nnc2SCC(=O)NCCOC)cc1. The zero-order valence-electron chi connectivity index (χ0n) is 13.7. The van der Waals surface area contributed by atoms with E-state index in [1.54, 1.807) is 7.11 Å². The van der Waals surface area contributed by atoms with Gasteiger partial charge in [-0.15, -0.1) is 10.2 Å². The van der Waals surface area contributed by atoms with Gasteiger partial charge in [0.05, 0.1) is 12.4 Å². The third-order valence-corrected chi connectivity index (χ3v) is 4.29. The zero-order valence-corrected chi connectivity index (χ0v) is 14.5. The number of carbonyl (C=O) groups excluding carboxylic acids is 1. The van der Waals surface area contributed by atoms with E-state index in [-0.39, 0.29) is 5.91 Å². The van der Waals surface area contributed by atoms with Crippen molar-refractivity contribution >= 4 is 17.7 Å². The Morgan fingerprint density at radius 1 is 1.30 bits per heavy atom. The fourth-order valence-electron chi connectivity index (χ4n) is 2.09. The molecule has 0 aliphatic heterocycles. The molecule has 6 nitrogen and oxygen atoms in total. The highest BCUT2D eigenvalue weighted by molar-refractivity contribution is 7.99. The van der Waals surface area contributed by atoms with E-state index < -0.39 is 0 Å². The smallest absolute Gasteiger partial charge is 0.230 e. The Labute approximate surface area is 140 Å². The number of carbonyl (C=O) groups is 1. The molecule has 2 rings (SSSR count). The highest BCUT2D eigenvalue weighted by atomic mass is 32.2. The largest absolute Gasteiger partial charge is 0.383 e. The minimum atomic E-state index is -0.0411. The van der Waals surface area contributed by atoms with E-state index in [1.165, 1.54) is 17.3 Å². The first kappa shape index (κ1) is 17.5. The third-order valence-electron chi connectivity index (χ3n) is 3.36. The monoisotopic (exact) mass is 334 g/mol. The lowest BCUT2D eigenvalue weighted by atomic mass is 10.1. The number of nitrogens with one attached hydrogen (secondary N) is 1. The zero-order chi connectivity index (χ0) is 16.7. The molecule has 2 aromatic rings. The summed E-state index contributed by atoms with van der Waals surface area (Å²) >= 11 is 1.38. The maximum atomic E-state index is 11.8. The maximum absolute atomic E-state index is 11.8. The van der Waals surface area contributed by atoms with E-state index in [9.17, 15) is 4.79 Å². The van der Waals surface area contributed by atoms with Crippen LogP contribution in [0.1, 0.15) is 18.3 Å². The standard InChI is InChI=1S/C16H22N4O2S/c1-4-13-5-7-14(8-6-13)20-12(2)18-19-16(20)23-11-15(21)17-9-10-22-3/h5-8H,4,9-11H2,1-3H3,(H,17,21). The second kappa shape index (κ2) is 8.69. The second-order valence-corrected chi connectivity index (χ2v) is 5.96. The van der Waals surface area contributed by atoms with E-state index >= 15 is 0 Å². The van der Waals surface area contributed by atoms with Crippen molar-refractivity contribution in [1.29, 1.82) is 0 Å². The minimum absolute atomic E-state index is 0.0411. The molecule has 0 aliphatic carbocycles. The van der Waals surface area contributed by atoms with Gasteiger partial charge in [-0.1, -0.05) is 30.8 Å². The van der Waals surface area contributed by atoms with Crippen LogP contribution in [0.5, 0.6) is 0 Å². The summed E-state index contributed by atoms with van der Waals surface area (Å²) in [5.74, 6) is 1.06. The van der Waals surface area contributed by atoms with Crippen molar-refractivity contribution in [2.45, 2.75) is 25.4 Å². The van der Waals surface area contributed by atoms with E-state index in [0.29, 0.717) is 24.1 Å². The van der Waals surface area contributed by atoms with Gasteiger partial charge in [0.15, 0.2) is 5.16 Å². The predicted molar refractivity (Wildman–Crippen MR) is 91.1 cm³/mol. The summed E-state index contributed by atoms with van der Waals surface area (Å²) in [5, 5.41) is 11.8. The average molecular weight is 334 g/mol. The first-order chi connectivity index (χ1) is 11.2. The van der Waals surface area contributed by atoms with Crippen molar-refractivity contribution in [3.8, 4) is 5.69 Å². The Kier molecular flexibility index (Phi) is 6.61. The number of methoxy groups -OCH3 is 1. The number of aryl methyl sites for hydroxylation is 2. The van der Waals surface area contributed by atoms with E-state index in [2.05, 4.69) is 46.7 Å². The topological polar surface area (TPSA) is 69.0 Å². The van der Waals surface area contributed by atoms with Crippen molar-refractivity contribution < 1.29 is 9.53 Å². The van der Waals surface area contributed by atoms with Crippen molar-refractivity contribution in [2.75, 3.05) is 26.0 Å². The lowest BCUT2D eigenvalue weighted by Gasteiger charge is -2.09. The molecule has 0 fully saturated rings. The minimum Gasteiger partial charge on any atom is -0.383 e. The quantitative estimate of drug-likeness (QED) is 0.591. The molecule has 1 N–H and O–H groups in total. The molecular formula is C16H22N4O2S. The molecule has 0 radical (unpaired) electrons. The molecular weight excluding hydrogens is 312 g/mol. The van der Waals surface area contributed by atoms with Crippen LogP contribution >= 0.6 is 11.8 Å². The molecule has 0 aliphatic rings. The molecule has 7 heteroatoms. The molecule has 124 valence electrons. The number of ether oxygens (including phenoxy) is 1. The van der Waals surface area contributed by atoms with Crippen molar-refractivity contribution in [2.24, 2.45) is 0 Å². The summed E-state index contributed by atoms with van der Waals surface area (Å²) in [7, 11) is 1.61. The summed E-state index contributed by atoms with van der Waals surface area (Å²) < 4.78 is 6.87. The highest BCUT2D eigenvalue weighted by Gasteiger charge is 2.13. The van der Waals surface area contributed by atoms with Gasteiger partial charge in [0.2, 0.25) is 5.91 Å². The molecule has 0 atom stereocenters. The van der Waals surface area contributed by atoms with E-state index in [1.807, 2.05) is 11.5 Å². The summed E-state index contributed by atoms with van der Waals surface area (Å²) in [6.45, 7) is 5.06. The highest BCUT2D eigenvalue weighted by Crippen LogP contribution is 2.22. The maximum Gasteiger partial charge on any atom is 0.230 e. The fourth-order valence-corrected chi connectivity index (χ4v) is 2.92. The van der Waals surface area contributed by atoms with Crippen LogP contribution in [0.4, 0.5) is 0 Å². The molecule has 0 saturated carbocycles. The van der Waals surface area contributed by atoms with Crippen LogP contribution in [0.25, 0.3) is 5.69 Å². The van der Waals surface area contributed by atoms with Crippen LogP contribution < -0.4 is 5.32 Å². The number of hydrogen-bond donors (Lipinski definition) is 1. The Bertz CT molecular complexity index is 640. The molecule has 0 bridgehead atoms. The van der Waals surface area contributed by atoms with Crippen LogP contribution in [0.2, 0.25) is 0 Å². The van der Waals surface area contributed by atoms with E-state index in [0.717, 1.165) is 17.9 Å². The van der Waals surface area contributed by atoms with Crippen LogP contribution in [0, 0.1) is 6.92 Å². The lowest BCUT2D eigenvalue weighted by Crippen LogP contribution is -2.28. The van der Waals surface area contributed by atoms with E-state index in [4.69, 9.17) is 4.74 Å².